The van der Waals surface area contributed by atoms with Crippen molar-refractivity contribution < 1.29 is 4.79 Å². The van der Waals surface area contributed by atoms with E-state index in [1.807, 2.05) is 6.92 Å². The second kappa shape index (κ2) is 7.98. The van der Waals surface area contributed by atoms with Gasteiger partial charge in [0.2, 0.25) is 5.91 Å². The average molecular weight is 325 g/mol. The SMILES string of the molecule is CC(C)Cc1ccc(C(C)NC(=O)C2(N)CCCC2)cc1.Cl. The van der Waals surface area contributed by atoms with Crippen molar-refractivity contribution in [1.82, 2.24) is 5.32 Å². The molecule has 0 aliphatic heterocycles. The van der Waals surface area contributed by atoms with Crippen LogP contribution in [0, 0.1) is 5.92 Å². The highest BCUT2D eigenvalue weighted by atomic mass is 35.5. The highest BCUT2D eigenvalue weighted by Gasteiger charge is 2.37. The van der Waals surface area contributed by atoms with Crippen LogP contribution < -0.4 is 11.1 Å². The summed E-state index contributed by atoms with van der Waals surface area (Å²) in [7, 11) is 0. The summed E-state index contributed by atoms with van der Waals surface area (Å²) in [5.41, 5.74) is 8.03. The third-order valence-corrected chi connectivity index (χ3v) is 4.42. The van der Waals surface area contributed by atoms with Gasteiger partial charge < -0.3 is 11.1 Å². The second-order valence-electron chi connectivity index (χ2n) is 6.90. The van der Waals surface area contributed by atoms with E-state index in [0.717, 1.165) is 37.7 Å². The molecule has 1 atom stereocenters. The largest absolute Gasteiger partial charge is 0.348 e. The van der Waals surface area contributed by atoms with Gasteiger partial charge in [0, 0.05) is 0 Å². The minimum Gasteiger partial charge on any atom is -0.348 e. The van der Waals surface area contributed by atoms with Gasteiger partial charge in [-0.1, -0.05) is 51.0 Å². The lowest BCUT2D eigenvalue weighted by molar-refractivity contribution is -0.126. The number of carbonyl (C=O) groups excluding carboxylic acids is 1. The molecular formula is C18H29ClN2O. The van der Waals surface area contributed by atoms with Crippen molar-refractivity contribution in [2.75, 3.05) is 0 Å². The van der Waals surface area contributed by atoms with E-state index in [0.29, 0.717) is 5.92 Å². The molecule has 1 amide bonds. The van der Waals surface area contributed by atoms with Crippen LogP contribution in [0.4, 0.5) is 0 Å². The molecule has 3 N–H and O–H groups in total. The first-order chi connectivity index (χ1) is 9.90. The Morgan fingerprint density at radius 1 is 1.18 bits per heavy atom. The first-order valence-electron chi connectivity index (χ1n) is 8.09. The molecule has 3 nitrogen and oxygen atoms in total. The number of hydrogen-bond donors (Lipinski definition) is 2. The minimum atomic E-state index is -0.647. The van der Waals surface area contributed by atoms with Crippen LogP contribution >= 0.6 is 12.4 Å². The van der Waals surface area contributed by atoms with Crippen LogP contribution in [-0.4, -0.2) is 11.4 Å². The molecule has 4 heteroatoms. The maximum atomic E-state index is 12.3. The van der Waals surface area contributed by atoms with Crippen LogP contribution in [0.15, 0.2) is 24.3 Å². The number of hydrogen-bond acceptors (Lipinski definition) is 2. The molecule has 0 aromatic heterocycles. The summed E-state index contributed by atoms with van der Waals surface area (Å²) < 4.78 is 0. The van der Waals surface area contributed by atoms with Gasteiger partial charge in [-0.25, -0.2) is 0 Å². The molecule has 1 aliphatic carbocycles. The molecule has 124 valence electrons. The van der Waals surface area contributed by atoms with Crippen LogP contribution in [0.2, 0.25) is 0 Å². The van der Waals surface area contributed by atoms with Crippen LogP contribution in [0.1, 0.15) is 63.6 Å². The number of rotatable bonds is 5. The van der Waals surface area contributed by atoms with E-state index in [2.05, 4.69) is 43.4 Å². The summed E-state index contributed by atoms with van der Waals surface area (Å²) in [5.74, 6) is 0.659. The van der Waals surface area contributed by atoms with E-state index in [1.54, 1.807) is 0 Å². The van der Waals surface area contributed by atoms with E-state index >= 15 is 0 Å². The summed E-state index contributed by atoms with van der Waals surface area (Å²) in [5, 5.41) is 3.07. The molecule has 0 saturated heterocycles. The Hall–Kier alpha value is -1.06. The van der Waals surface area contributed by atoms with Crippen molar-refractivity contribution in [3.05, 3.63) is 35.4 Å². The first-order valence-corrected chi connectivity index (χ1v) is 8.09. The number of amides is 1. The molecule has 1 aromatic carbocycles. The molecule has 1 unspecified atom stereocenters. The molecule has 0 heterocycles. The van der Waals surface area contributed by atoms with Crippen molar-refractivity contribution >= 4 is 18.3 Å². The van der Waals surface area contributed by atoms with Crippen molar-refractivity contribution in [2.24, 2.45) is 11.7 Å². The summed E-state index contributed by atoms with van der Waals surface area (Å²) in [6.07, 6.45) is 4.81. The Kier molecular flexibility index (Phi) is 6.89. The molecule has 22 heavy (non-hydrogen) atoms. The van der Waals surface area contributed by atoms with Crippen molar-refractivity contribution in [2.45, 2.75) is 64.5 Å². The highest BCUT2D eigenvalue weighted by molar-refractivity contribution is 5.86. The molecule has 0 radical (unpaired) electrons. The van der Waals surface area contributed by atoms with Gasteiger partial charge in [0.15, 0.2) is 0 Å². The topological polar surface area (TPSA) is 55.1 Å². The molecule has 1 aliphatic rings. The van der Waals surface area contributed by atoms with Gasteiger partial charge in [-0.3, -0.25) is 4.79 Å². The first kappa shape index (κ1) is 19.0. The molecule has 0 bridgehead atoms. The molecule has 2 rings (SSSR count). The van der Waals surface area contributed by atoms with Gasteiger partial charge in [0.1, 0.15) is 0 Å². The number of halogens is 1. The lowest BCUT2D eigenvalue weighted by atomic mass is 9.96. The number of nitrogens with two attached hydrogens (primary N) is 1. The van der Waals surface area contributed by atoms with Crippen LogP contribution in [0.3, 0.4) is 0 Å². The maximum absolute atomic E-state index is 12.3. The van der Waals surface area contributed by atoms with E-state index in [1.165, 1.54) is 5.56 Å². The fraction of sp³-hybridized carbons (Fsp3) is 0.611. The lowest BCUT2D eigenvalue weighted by Crippen LogP contribution is -2.52. The van der Waals surface area contributed by atoms with E-state index in [4.69, 9.17) is 5.73 Å². The van der Waals surface area contributed by atoms with E-state index < -0.39 is 5.54 Å². The predicted molar refractivity (Wildman–Crippen MR) is 94.2 cm³/mol. The normalized spacial score (nSPS) is 17.9. The fourth-order valence-electron chi connectivity index (χ4n) is 3.07. The quantitative estimate of drug-likeness (QED) is 0.866. The number of benzene rings is 1. The third-order valence-electron chi connectivity index (χ3n) is 4.42. The Balaban J connectivity index is 0.00000242. The van der Waals surface area contributed by atoms with E-state index in [-0.39, 0.29) is 24.4 Å². The van der Waals surface area contributed by atoms with Crippen LogP contribution in [-0.2, 0) is 11.2 Å². The molecule has 1 fully saturated rings. The lowest BCUT2D eigenvalue weighted by Gasteiger charge is -2.25. The van der Waals surface area contributed by atoms with Gasteiger partial charge in [-0.15, -0.1) is 12.4 Å². The fourth-order valence-corrected chi connectivity index (χ4v) is 3.07. The molecule has 0 spiro atoms. The smallest absolute Gasteiger partial charge is 0.240 e. The maximum Gasteiger partial charge on any atom is 0.240 e. The highest BCUT2D eigenvalue weighted by Crippen LogP contribution is 2.28. The second-order valence-corrected chi connectivity index (χ2v) is 6.90. The zero-order valence-electron chi connectivity index (χ0n) is 13.9. The Morgan fingerprint density at radius 2 is 1.73 bits per heavy atom. The Labute approximate surface area is 140 Å². The van der Waals surface area contributed by atoms with Gasteiger partial charge in [-0.05, 0) is 43.2 Å². The van der Waals surface area contributed by atoms with Crippen molar-refractivity contribution in [1.29, 1.82) is 0 Å². The Bertz CT molecular complexity index is 478. The minimum absolute atomic E-state index is 0. The zero-order valence-corrected chi connectivity index (χ0v) is 14.7. The monoisotopic (exact) mass is 324 g/mol. The number of carbonyl (C=O) groups is 1. The average Bonchev–Trinajstić information content (AvgIpc) is 2.87. The third kappa shape index (κ3) is 4.72. The van der Waals surface area contributed by atoms with Crippen LogP contribution in [0.5, 0.6) is 0 Å². The van der Waals surface area contributed by atoms with Gasteiger partial charge in [0.25, 0.3) is 0 Å². The zero-order chi connectivity index (χ0) is 15.5. The van der Waals surface area contributed by atoms with Gasteiger partial charge in [0.05, 0.1) is 11.6 Å². The van der Waals surface area contributed by atoms with Crippen molar-refractivity contribution in [3.63, 3.8) is 0 Å². The summed E-state index contributed by atoms with van der Waals surface area (Å²) in [6, 6.07) is 8.55. The summed E-state index contributed by atoms with van der Waals surface area (Å²) >= 11 is 0. The number of nitrogens with one attached hydrogen (secondary N) is 1. The standard InChI is InChI=1S/C18H28N2O.ClH/c1-13(2)12-15-6-8-16(9-7-15)14(3)20-17(21)18(19)10-4-5-11-18;/h6-9,13-14H,4-5,10-12,19H2,1-3H3,(H,20,21);1H. The molecule has 1 aromatic rings. The Morgan fingerprint density at radius 3 is 2.23 bits per heavy atom. The van der Waals surface area contributed by atoms with Gasteiger partial charge >= 0.3 is 0 Å². The van der Waals surface area contributed by atoms with Gasteiger partial charge in [-0.2, -0.15) is 0 Å². The molecule has 1 saturated carbocycles. The summed E-state index contributed by atoms with van der Waals surface area (Å²) in [4.78, 5) is 12.3. The predicted octanol–water partition coefficient (Wildman–Crippen LogP) is 3.76. The molecular weight excluding hydrogens is 296 g/mol. The van der Waals surface area contributed by atoms with Crippen molar-refractivity contribution in [3.8, 4) is 0 Å². The van der Waals surface area contributed by atoms with Crippen LogP contribution in [0.25, 0.3) is 0 Å². The summed E-state index contributed by atoms with van der Waals surface area (Å²) in [6.45, 7) is 6.46. The van der Waals surface area contributed by atoms with E-state index in [9.17, 15) is 4.79 Å².